The van der Waals surface area contributed by atoms with Crippen LogP contribution in [-0.4, -0.2) is 61.2 Å². The largest absolute Gasteiger partial charge is 0.388 e. The lowest BCUT2D eigenvalue weighted by molar-refractivity contribution is -0.135. The molecule has 18 heteroatoms. The van der Waals surface area contributed by atoms with Crippen LogP contribution in [0.4, 0.5) is 20.4 Å². The highest BCUT2D eigenvalue weighted by atomic mass is 32.2. The lowest BCUT2D eigenvalue weighted by Gasteiger charge is -2.28. The number of hydrogen-bond donors (Lipinski definition) is 4. The number of nitrogens with one attached hydrogen (secondary N) is 3. The van der Waals surface area contributed by atoms with Crippen LogP contribution in [0.2, 0.25) is 0 Å². The number of benzene rings is 2. The van der Waals surface area contributed by atoms with Gasteiger partial charge in [0.05, 0.1) is 33.1 Å². The van der Waals surface area contributed by atoms with Gasteiger partial charge in [0.25, 0.3) is 12.0 Å². The number of sulfonamides is 1. The maximum atomic E-state index is 13.8. The molecule has 4 N–H and O–H groups in total. The Bertz CT molecular complexity index is 2710. The van der Waals surface area contributed by atoms with Crippen molar-refractivity contribution in [3.05, 3.63) is 86.2 Å². The molecule has 0 bridgehead atoms. The van der Waals surface area contributed by atoms with Crippen LogP contribution in [0.3, 0.4) is 0 Å². The van der Waals surface area contributed by atoms with Crippen LogP contribution in [0.1, 0.15) is 119 Å². The molecule has 2 aromatic carbocycles. The number of alkyl halides is 2. The first-order valence-electron chi connectivity index (χ1n) is 20.9. The van der Waals surface area contributed by atoms with Crippen molar-refractivity contribution in [3.8, 4) is 0 Å². The summed E-state index contributed by atoms with van der Waals surface area (Å²) in [6.45, 7) is 3.61. The molecule has 1 saturated heterocycles. The van der Waals surface area contributed by atoms with E-state index in [2.05, 4.69) is 25.3 Å². The average molecular weight is 863 g/mol. The van der Waals surface area contributed by atoms with Crippen molar-refractivity contribution in [2.45, 2.75) is 126 Å². The standard InChI is InChI=1S/C43H52F2N8O7S/c1-26-22-29(15-16-31(26)48-41-46-25-28-24-30(37(44)45)40(56)53(38(28)50-41)35-13-11-20-43(35,2)58)61(59,60)47-21-10-8-6-4-5-7-9-12-27-14-17-32-34(23-27)51(3)42(57)52(32)33-18-19-36(54)49-39(33)55/h14-17,22-25,33,35,37,47,58H,4-13,18-21H2,1-3H3,(H,46,48,50)(H,49,54,55)/t33?,35-,43-/m1/s1. The minimum Gasteiger partial charge on any atom is -0.388 e. The summed E-state index contributed by atoms with van der Waals surface area (Å²) in [5.41, 5.74) is 0.588. The quantitative estimate of drug-likeness (QED) is 0.0622. The number of nitrogens with zero attached hydrogens (tertiary/aromatic N) is 5. The number of unbranched alkanes of at least 4 members (excludes halogenated alkanes) is 6. The number of aliphatic hydroxyl groups is 1. The number of pyridine rings is 1. The first-order valence-corrected chi connectivity index (χ1v) is 22.4. The molecular formula is C43H52F2N8O7S. The molecule has 3 atom stereocenters. The number of imide groups is 1. The third-order valence-electron chi connectivity index (χ3n) is 12.1. The van der Waals surface area contributed by atoms with Gasteiger partial charge in [-0.05, 0) is 106 Å². The lowest BCUT2D eigenvalue weighted by Crippen LogP contribution is -2.44. The molecule has 2 amide bonds. The molecule has 1 aliphatic carbocycles. The van der Waals surface area contributed by atoms with Gasteiger partial charge in [-0.2, -0.15) is 4.98 Å². The summed E-state index contributed by atoms with van der Waals surface area (Å²) in [5.74, 6) is -0.700. The molecule has 326 valence electrons. The van der Waals surface area contributed by atoms with Crippen LogP contribution >= 0.6 is 0 Å². The SMILES string of the molecule is Cc1cc(S(=O)(=O)NCCCCCCCCCc2ccc3c(c2)n(C)c(=O)n3C2CCC(=O)NC2=O)ccc1Nc1ncc2cc(C(F)F)c(=O)n([C@@H]3CCC[C@@]3(C)O)c2n1. The summed E-state index contributed by atoms with van der Waals surface area (Å²) in [6, 6.07) is 10.1. The van der Waals surface area contributed by atoms with E-state index in [9.17, 15) is 41.5 Å². The number of halogens is 2. The third kappa shape index (κ3) is 9.30. The number of imidazole rings is 1. The molecule has 0 spiro atoms. The molecular weight excluding hydrogens is 811 g/mol. The van der Waals surface area contributed by atoms with Gasteiger partial charge in [0.2, 0.25) is 27.8 Å². The summed E-state index contributed by atoms with van der Waals surface area (Å²) in [4.78, 5) is 59.3. The molecule has 4 heterocycles. The van der Waals surface area contributed by atoms with Crippen molar-refractivity contribution >= 4 is 55.5 Å². The minimum absolute atomic E-state index is 0.0763. The predicted octanol–water partition coefficient (Wildman–Crippen LogP) is 6.14. The molecule has 2 fully saturated rings. The lowest BCUT2D eigenvalue weighted by atomic mass is 9.99. The number of hydrogen-bond acceptors (Lipinski definition) is 10. The Hall–Kier alpha value is -5.33. The number of aromatic nitrogens is 5. The molecule has 0 radical (unpaired) electrons. The molecule has 61 heavy (non-hydrogen) atoms. The summed E-state index contributed by atoms with van der Waals surface area (Å²) in [7, 11) is -2.09. The van der Waals surface area contributed by atoms with E-state index >= 15 is 0 Å². The highest BCUT2D eigenvalue weighted by Gasteiger charge is 2.40. The molecule has 5 aromatic rings. The fraction of sp³-hybridized carbons (Fsp3) is 0.488. The van der Waals surface area contributed by atoms with Gasteiger partial charge in [-0.25, -0.2) is 31.7 Å². The van der Waals surface area contributed by atoms with E-state index in [-0.39, 0.29) is 39.9 Å². The first kappa shape index (κ1) is 43.7. The van der Waals surface area contributed by atoms with Crippen LogP contribution < -0.4 is 26.6 Å². The van der Waals surface area contributed by atoms with Crippen molar-refractivity contribution in [1.29, 1.82) is 0 Å². The molecule has 1 unspecified atom stereocenters. The van der Waals surface area contributed by atoms with Crippen molar-refractivity contribution in [2.75, 3.05) is 11.9 Å². The monoisotopic (exact) mass is 862 g/mol. The molecule has 15 nitrogen and oxygen atoms in total. The Morgan fingerprint density at radius 3 is 2.38 bits per heavy atom. The topological polar surface area (TPSA) is 199 Å². The number of carbonyl (C=O) groups excluding carboxylic acids is 2. The van der Waals surface area contributed by atoms with Crippen LogP contribution in [0.25, 0.3) is 22.1 Å². The number of rotatable bonds is 17. The second kappa shape index (κ2) is 17.9. The predicted molar refractivity (Wildman–Crippen MR) is 227 cm³/mol. The minimum atomic E-state index is -3.78. The smallest absolute Gasteiger partial charge is 0.329 e. The van der Waals surface area contributed by atoms with Crippen LogP contribution in [0, 0.1) is 6.92 Å². The number of anilines is 2. The highest BCUT2D eigenvalue weighted by molar-refractivity contribution is 7.89. The average Bonchev–Trinajstić information content (AvgIpc) is 3.68. The number of aryl methyl sites for hydroxylation is 3. The van der Waals surface area contributed by atoms with Gasteiger partial charge in [-0.3, -0.25) is 33.4 Å². The number of piperidine rings is 1. The maximum absolute atomic E-state index is 13.8. The second-order valence-electron chi connectivity index (χ2n) is 16.5. The van der Waals surface area contributed by atoms with Crippen molar-refractivity contribution in [3.63, 3.8) is 0 Å². The van der Waals surface area contributed by atoms with Gasteiger partial charge >= 0.3 is 5.69 Å². The van der Waals surface area contributed by atoms with Gasteiger partial charge in [-0.15, -0.1) is 0 Å². The van der Waals surface area contributed by atoms with E-state index in [1.807, 2.05) is 18.2 Å². The fourth-order valence-electron chi connectivity index (χ4n) is 8.67. The zero-order chi connectivity index (χ0) is 43.6. The molecule has 1 aliphatic heterocycles. The Kier molecular flexibility index (Phi) is 12.9. The van der Waals surface area contributed by atoms with E-state index in [4.69, 9.17) is 0 Å². The van der Waals surface area contributed by atoms with Gasteiger partial charge in [0, 0.05) is 37.3 Å². The van der Waals surface area contributed by atoms with Gasteiger partial charge in [-0.1, -0.05) is 38.2 Å². The Morgan fingerprint density at radius 2 is 1.69 bits per heavy atom. The molecule has 1 saturated carbocycles. The van der Waals surface area contributed by atoms with E-state index in [0.717, 1.165) is 66.7 Å². The first-order chi connectivity index (χ1) is 29.1. The zero-order valence-electron chi connectivity index (χ0n) is 34.5. The number of carbonyl (C=O) groups is 2. The van der Waals surface area contributed by atoms with E-state index in [1.54, 1.807) is 31.5 Å². The zero-order valence-corrected chi connectivity index (χ0v) is 35.4. The van der Waals surface area contributed by atoms with E-state index < -0.39 is 51.2 Å². The van der Waals surface area contributed by atoms with Crippen LogP contribution in [0.5, 0.6) is 0 Å². The summed E-state index contributed by atoms with van der Waals surface area (Å²) < 4.78 is 60.9. The Morgan fingerprint density at radius 1 is 0.951 bits per heavy atom. The summed E-state index contributed by atoms with van der Waals surface area (Å²) in [6.07, 6.45) is 7.75. The normalized spacial score (nSPS) is 19.7. The highest BCUT2D eigenvalue weighted by Crippen LogP contribution is 2.40. The van der Waals surface area contributed by atoms with Crippen molar-refractivity contribution in [2.24, 2.45) is 7.05 Å². The Labute approximate surface area is 351 Å². The maximum Gasteiger partial charge on any atom is 0.329 e. The fourth-order valence-corrected chi connectivity index (χ4v) is 9.83. The molecule has 2 aliphatic rings. The van der Waals surface area contributed by atoms with Crippen molar-refractivity contribution < 1.29 is 31.9 Å². The van der Waals surface area contributed by atoms with Gasteiger partial charge < -0.3 is 10.4 Å². The van der Waals surface area contributed by atoms with E-state index in [0.29, 0.717) is 55.4 Å². The molecule has 3 aromatic heterocycles. The van der Waals surface area contributed by atoms with E-state index in [1.165, 1.54) is 22.9 Å². The summed E-state index contributed by atoms with van der Waals surface area (Å²) >= 11 is 0. The number of amides is 2. The van der Waals surface area contributed by atoms with Crippen LogP contribution in [0.15, 0.2) is 63.1 Å². The second-order valence-corrected chi connectivity index (χ2v) is 18.3. The van der Waals surface area contributed by atoms with Gasteiger partial charge in [0.1, 0.15) is 11.7 Å². The number of fused-ring (bicyclic) bond motifs is 2. The van der Waals surface area contributed by atoms with Crippen molar-refractivity contribution in [1.82, 2.24) is 33.7 Å². The third-order valence-corrected chi connectivity index (χ3v) is 13.5. The van der Waals surface area contributed by atoms with Crippen LogP contribution in [-0.2, 0) is 33.1 Å². The summed E-state index contributed by atoms with van der Waals surface area (Å²) in [5, 5.41) is 16.6. The Balaban J connectivity index is 0.861. The van der Waals surface area contributed by atoms with Gasteiger partial charge in [0.15, 0.2) is 0 Å². The molecule has 7 rings (SSSR count).